The third-order valence-electron chi connectivity index (χ3n) is 3.59. The van der Waals surface area contributed by atoms with Crippen molar-refractivity contribution >= 4 is 11.5 Å². The second kappa shape index (κ2) is 3.51. The minimum Gasteiger partial charge on any atom is -0.383 e. The van der Waals surface area contributed by atoms with Crippen molar-refractivity contribution in [2.45, 2.75) is 38.5 Å². The van der Waals surface area contributed by atoms with Crippen LogP contribution < -0.4 is 5.73 Å². The Balaban J connectivity index is 2.14. The van der Waals surface area contributed by atoms with Crippen molar-refractivity contribution in [1.29, 1.82) is 0 Å². The predicted octanol–water partition coefficient (Wildman–Crippen LogP) is 2.88. The number of anilines is 1. The summed E-state index contributed by atoms with van der Waals surface area (Å²) in [6.45, 7) is 2.08. The van der Waals surface area contributed by atoms with Crippen molar-refractivity contribution in [2.24, 2.45) is 0 Å². The third-order valence-corrected chi connectivity index (χ3v) is 3.59. The summed E-state index contributed by atoms with van der Waals surface area (Å²) in [5.74, 6) is 1.42. The van der Waals surface area contributed by atoms with Crippen molar-refractivity contribution in [2.75, 3.05) is 5.73 Å². The molecule has 0 unspecified atom stereocenters. The number of fused-ring (bicyclic) bond motifs is 1. The number of nitrogen functional groups attached to an aromatic ring is 1. The molecule has 2 N–H and O–H groups in total. The number of aryl methyl sites for hydroxylation is 1. The van der Waals surface area contributed by atoms with Crippen LogP contribution in [0.5, 0.6) is 0 Å². The summed E-state index contributed by atoms with van der Waals surface area (Å²) in [4.78, 5) is 4.69. The highest BCUT2D eigenvalue weighted by Crippen LogP contribution is 2.36. The Morgan fingerprint density at radius 2 is 2.12 bits per heavy atom. The van der Waals surface area contributed by atoms with Crippen LogP contribution in [0, 0.1) is 6.92 Å². The summed E-state index contributed by atoms with van der Waals surface area (Å²) < 4.78 is 2.00. The molecule has 2 aromatic heterocycles. The number of pyridine rings is 1. The van der Waals surface area contributed by atoms with Gasteiger partial charge in [0, 0.05) is 12.1 Å². The molecule has 0 spiro atoms. The van der Waals surface area contributed by atoms with Gasteiger partial charge in [-0.25, -0.2) is 4.98 Å². The molecule has 0 bridgehead atoms. The van der Waals surface area contributed by atoms with Crippen molar-refractivity contribution in [1.82, 2.24) is 9.38 Å². The molecule has 84 valence electrons. The lowest BCUT2D eigenvalue weighted by Crippen LogP contribution is -1.99. The summed E-state index contributed by atoms with van der Waals surface area (Å²) in [7, 11) is 0. The van der Waals surface area contributed by atoms with E-state index < -0.39 is 0 Å². The van der Waals surface area contributed by atoms with Gasteiger partial charge < -0.3 is 5.73 Å². The van der Waals surface area contributed by atoms with Crippen LogP contribution in [0.3, 0.4) is 0 Å². The van der Waals surface area contributed by atoms with E-state index in [9.17, 15) is 0 Å². The summed E-state index contributed by atoms with van der Waals surface area (Å²) in [5, 5.41) is 0. The standard InChI is InChI=1S/C13H17N3/c1-9-6-7-16-11(8-9)15-12(13(16)14)10-4-2-3-5-10/h6-8,10H,2-5,14H2,1H3. The maximum Gasteiger partial charge on any atom is 0.138 e. The van der Waals surface area contributed by atoms with Gasteiger partial charge in [-0.05, 0) is 37.5 Å². The van der Waals surface area contributed by atoms with Crippen LogP contribution in [0.4, 0.5) is 5.82 Å². The second-order valence-electron chi connectivity index (χ2n) is 4.80. The van der Waals surface area contributed by atoms with E-state index in [0.29, 0.717) is 5.92 Å². The SMILES string of the molecule is Cc1ccn2c(N)c(C3CCCC3)nc2c1. The molecule has 3 heteroatoms. The maximum absolute atomic E-state index is 6.17. The monoisotopic (exact) mass is 215 g/mol. The Kier molecular flexibility index (Phi) is 2.13. The fourth-order valence-electron chi connectivity index (χ4n) is 2.68. The molecule has 0 aliphatic heterocycles. The molecular formula is C13H17N3. The first-order chi connectivity index (χ1) is 7.75. The van der Waals surface area contributed by atoms with Gasteiger partial charge >= 0.3 is 0 Å². The molecule has 1 aliphatic rings. The van der Waals surface area contributed by atoms with E-state index in [0.717, 1.165) is 17.2 Å². The summed E-state index contributed by atoms with van der Waals surface area (Å²) in [6, 6.07) is 4.16. The number of nitrogens with two attached hydrogens (primary N) is 1. The minimum absolute atomic E-state index is 0.584. The van der Waals surface area contributed by atoms with Crippen LogP contribution in [0.25, 0.3) is 5.65 Å². The highest BCUT2D eigenvalue weighted by molar-refractivity contribution is 5.55. The van der Waals surface area contributed by atoms with E-state index in [4.69, 9.17) is 10.7 Å². The molecule has 2 heterocycles. The van der Waals surface area contributed by atoms with E-state index in [1.165, 1.54) is 31.2 Å². The zero-order valence-corrected chi connectivity index (χ0v) is 9.61. The van der Waals surface area contributed by atoms with Crippen molar-refractivity contribution in [3.63, 3.8) is 0 Å². The van der Waals surface area contributed by atoms with Crippen molar-refractivity contribution in [3.05, 3.63) is 29.6 Å². The molecule has 0 amide bonds. The second-order valence-corrected chi connectivity index (χ2v) is 4.80. The third kappa shape index (κ3) is 1.39. The number of nitrogens with zero attached hydrogens (tertiary/aromatic N) is 2. The lowest BCUT2D eigenvalue weighted by molar-refractivity contribution is 0.706. The van der Waals surface area contributed by atoms with E-state index in [1.54, 1.807) is 0 Å². The van der Waals surface area contributed by atoms with Crippen LogP contribution in [0.2, 0.25) is 0 Å². The lowest BCUT2D eigenvalue weighted by Gasteiger charge is -2.05. The van der Waals surface area contributed by atoms with Gasteiger partial charge in [-0.3, -0.25) is 4.40 Å². The first-order valence-corrected chi connectivity index (χ1v) is 6.00. The van der Waals surface area contributed by atoms with Crippen LogP contribution in [-0.2, 0) is 0 Å². The Bertz CT molecular complexity index is 521. The fourth-order valence-corrected chi connectivity index (χ4v) is 2.68. The summed E-state index contributed by atoms with van der Waals surface area (Å²) in [6.07, 6.45) is 7.14. The van der Waals surface area contributed by atoms with Gasteiger partial charge in [0.05, 0.1) is 5.69 Å². The normalized spacial score (nSPS) is 17.3. The zero-order valence-electron chi connectivity index (χ0n) is 9.61. The van der Waals surface area contributed by atoms with Crippen LogP contribution in [-0.4, -0.2) is 9.38 Å². The van der Waals surface area contributed by atoms with E-state index >= 15 is 0 Å². The molecule has 0 saturated heterocycles. The van der Waals surface area contributed by atoms with Gasteiger partial charge in [0.15, 0.2) is 0 Å². The molecule has 16 heavy (non-hydrogen) atoms. The van der Waals surface area contributed by atoms with Crippen molar-refractivity contribution in [3.8, 4) is 0 Å². The zero-order chi connectivity index (χ0) is 11.1. The lowest BCUT2D eigenvalue weighted by atomic mass is 10.0. The Hall–Kier alpha value is -1.51. The smallest absolute Gasteiger partial charge is 0.138 e. The molecule has 1 fully saturated rings. The molecule has 2 aromatic rings. The van der Waals surface area contributed by atoms with Gasteiger partial charge in [0.2, 0.25) is 0 Å². The first kappa shape index (κ1) is 9.70. The van der Waals surface area contributed by atoms with Crippen LogP contribution >= 0.6 is 0 Å². The molecule has 1 aliphatic carbocycles. The van der Waals surface area contributed by atoms with Gasteiger partial charge in [0.1, 0.15) is 11.5 Å². The van der Waals surface area contributed by atoms with E-state index in [1.807, 2.05) is 10.6 Å². The summed E-state index contributed by atoms with van der Waals surface area (Å²) >= 11 is 0. The summed E-state index contributed by atoms with van der Waals surface area (Å²) in [5.41, 5.74) is 9.50. The highest BCUT2D eigenvalue weighted by Gasteiger charge is 2.23. The average Bonchev–Trinajstić information content (AvgIpc) is 2.86. The largest absolute Gasteiger partial charge is 0.383 e. The first-order valence-electron chi connectivity index (χ1n) is 6.00. The van der Waals surface area contributed by atoms with E-state index in [2.05, 4.69) is 19.1 Å². The molecule has 3 nitrogen and oxygen atoms in total. The van der Waals surface area contributed by atoms with Gasteiger partial charge in [0.25, 0.3) is 0 Å². The number of aromatic nitrogens is 2. The Labute approximate surface area is 95.3 Å². The van der Waals surface area contributed by atoms with Crippen molar-refractivity contribution < 1.29 is 0 Å². The molecular weight excluding hydrogens is 198 g/mol. The van der Waals surface area contributed by atoms with Gasteiger partial charge in [-0.1, -0.05) is 12.8 Å². The Morgan fingerprint density at radius 1 is 1.38 bits per heavy atom. The quantitative estimate of drug-likeness (QED) is 0.794. The number of imidazole rings is 1. The molecule has 0 atom stereocenters. The van der Waals surface area contributed by atoms with E-state index in [-0.39, 0.29) is 0 Å². The fraction of sp³-hybridized carbons (Fsp3) is 0.462. The molecule has 0 aromatic carbocycles. The topological polar surface area (TPSA) is 43.3 Å². The number of hydrogen-bond acceptors (Lipinski definition) is 2. The highest BCUT2D eigenvalue weighted by atomic mass is 15.1. The number of rotatable bonds is 1. The predicted molar refractivity (Wildman–Crippen MR) is 65.6 cm³/mol. The van der Waals surface area contributed by atoms with Gasteiger partial charge in [-0.15, -0.1) is 0 Å². The molecule has 0 radical (unpaired) electrons. The maximum atomic E-state index is 6.17. The van der Waals surface area contributed by atoms with Crippen LogP contribution in [0.1, 0.15) is 42.9 Å². The van der Waals surface area contributed by atoms with Gasteiger partial charge in [-0.2, -0.15) is 0 Å². The number of hydrogen-bond donors (Lipinski definition) is 1. The average molecular weight is 215 g/mol. The van der Waals surface area contributed by atoms with Crippen LogP contribution in [0.15, 0.2) is 18.3 Å². The Morgan fingerprint density at radius 3 is 2.88 bits per heavy atom. The molecule has 3 rings (SSSR count). The molecule has 1 saturated carbocycles. The minimum atomic E-state index is 0.584.